The summed E-state index contributed by atoms with van der Waals surface area (Å²) in [5.41, 5.74) is 6.04. The molecular formula is C21H20N2. The molecule has 23 heavy (non-hydrogen) atoms. The average molecular weight is 300 g/mol. The molecule has 2 nitrogen and oxygen atoms in total. The predicted octanol–water partition coefficient (Wildman–Crippen LogP) is 5.25. The van der Waals surface area contributed by atoms with Crippen LogP contribution >= 0.6 is 0 Å². The zero-order valence-electron chi connectivity index (χ0n) is 13.5. The fourth-order valence-corrected chi connectivity index (χ4v) is 3.23. The Morgan fingerprint density at radius 1 is 0.957 bits per heavy atom. The summed E-state index contributed by atoms with van der Waals surface area (Å²) in [4.78, 5) is 7.28. The Bertz CT molecular complexity index is 879. The molecule has 114 valence electrons. The summed E-state index contributed by atoms with van der Waals surface area (Å²) in [6.45, 7) is 5.36. The molecule has 0 atom stereocenters. The minimum atomic E-state index is 0.455. The highest BCUT2D eigenvalue weighted by Crippen LogP contribution is 2.33. The lowest BCUT2D eigenvalue weighted by atomic mass is 9.98. The number of nitrogens with zero attached hydrogens (tertiary/aromatic N) is 2. The molecule has 4 rings (SSSR count). The van der Waals surface area contributed by atoms with E-state index in [1.165, 1.54) is 22.3 Å². The molecule has 0 amide bonds. The minimum absolute atomic E-state index is 0.455. The van der Waals surface area contributed by atoms with Gasteiger partial charge in [-0.3, -0.25) is 0 Å². The van der Waals surface area contributed by atoms with Crippen LogP contribution < -0.4 is 4.90 Å². The normalized spacial score (nSPS) is 14.0. The fraction of sp³-hybridized carbons (Fsp3) is 0.190. The van der Waals surface area contributed by atoms with E-state index >= 15 is 0 Å². The first kappa shape index (κ1) is 14.0. The lowest BCUT2D eigenvalue weighted by molar-refractivity contribution is 0.702. The molecule has 0 bridgehead atoms. The molecule has 2 aromatic carbocycles. The molecule has 1 aromatic heterocycles. The number of benzene rings is 2. The van der Waals surface area contributed by atoms with Crippen molar-refractivity contribution in [2.45, 2.75) is 20.4 Å². The van der Waals surface area contributed by atoms with E-state index in [1.54, 1.807) is 0 Å². The summed E-state index contributed by atoms with van der Waals surface area (Å²) in [7, 11) is 0. The van der Waals surface area contributed by atoms with Gasteiger partial charge in [0.1, 0.15) is 0 Å². The summed E-state index contributed by atoms with van der Waals surface area (Å²) in [6, 6.07) is 21.2. The highest BCUT2D eigenvalue weighted by atomic mass is 15.2. The van der Waals surface area contributed by atoms with Crippen molar-refractivity contribution in [1.82, 2.24) is 4.98 Å². The van der Waals surface area contributed by atoms with Gasteiger partial charge in [0.05, 0.1) is 11.2 Å². The molecule has 1 aliphatic rings. The highest BCUT2D eigenvalue weighted by Gasteiger charge is 2.22. The van der Waals surface area contributed by atoms with E-state index in [2.05, 4.69) is 79.4 Å². The second kappa shape index (κ2) is 5.54. The zero-order valence-corrected chi connectivity index (χ0v) is 13.5. The number of anilines is 1. The van der Waals surface area contributed by atoms with Crippen LogP contribution in [0.2, 0.25) is 0 Å². The van der Waals surface area contributed by atoms with Crippen molar-refractivity contribution < 1.29 is 0 Å². The Hall–Kier alpha value is -2.61. The van der Waals surface area contributed by atoms with Crippen molar-refractivity contribution in [3.8, 4) is 0 Å². The molecule has 0 unspecified atom stereocenters. The maximum Gasteiger partial charge on any atom is 0.0709 e. The molecule has 0 saturated heterocycles. The first-order valence-corrected chi connectivity index (χ1v) is 8.15. The molecule has 0 fully saturated rings. The number of para-hydroxylation sites is 2. The van der Waals surface area contributed by atoms with E-state index in [0.29, 0.717) is 5.92 Å². The topological polar surface area (TPSA) is 16.1 Å². The molecule has 2 heteroatoms. The van der Waals surface area contributed by atoms with Crippen LogP contribution in [0.15, 0.2) is 66.4 Å². The van der Waals surface area contributed by atoms with Crippen LogP contribution in [-0.2, 0) is 6.54 Å². The van der Waals surface area contributed by atoms with Gasteiger partial charge >= 0.3 is 0 Å². The molecule has 0 radical (unpaired) electrons. The fourth-order valence-electron chi connectivity index (χ4n) is 3.23. The molecule has 2 heterocycles. The van der Waals surface area contributed by atoms with Crippen LogP contribution in [0.5, 0.6) is 0 Å². The number of hydrogen-bond donors (Lipinski definition) is 0. The largest absolute Gasteiger partial charge is 0.340 e. The Balaban J connectivity index is 1.87. The number of fused-ring (bicyclic) bond motifs is 2. The quantitative estimate of drug-likeness (QED) is 0.642. The Morgan fingerprint density at radius 2 is 1.70 bits per heavy atom. The van der Waals surface area contributed by atoms with Crippen molar-refractivity contribution >= 4 is 22.7 Å². The van der Waals surface area contributed by atoms with E-state index in [-0.39, 0.29) is 0 Å². The maximum absolute atomic E-state index is 4.87. The summed E-state index contributed by atoms with van der Waals surface area (Å²) in [6.07, 6.45) is 2.25. The summed E-state index contributed by atoms with van der Waals surface area (Å²) in [5.74, 6) is 0.455. The van der Waals surface area contributed by atoms with E-state index < -0.39 is 0 Å². The second-order valence-corrected chi connectivity index (χ2v) is 6.37. The first-order valence-electron chi connectivity index (χ1n) is 8.15. The van der Waals surface area contributed by atoms with E-state index in [0.717, 1.165) is 17.8 Å². The molecule has 0 aliphatic carbocycles. The number of allylic oxidation sites excluding steroid dienone is 1. The zero-order chi connectivity index (χ0) is 15.8. The van der Waals surface area contributed by atoms with Crippen LogP contribution in [0, 0.1) is 5.92 Å². The summed E-state index contributed by atoms with van der Waals surface area (Å²) < 4.78 is 0. The van der Waals surface area contributed by atoms with Gasteiger partial charge in [-0.2, -0.15) is 0 Å². The van der Waals surface area contributed by atoms with Gasteiger partial charge in [-0.05, 0) is 41.8 Å². The monoisotopic (exact) mass is 300 g/mol. The van der Waals surface area contributed by atoms with Gasteiger partial charge in [-0.15, -0.1) is 0 Å². The van der Waals surface area contributed by atoms with Crippen LogP contribution in [0.1, 0.15) is 25.1 Å². The third kappa shape index (κ3) is 2.50. The first-order chi connectivity index (χ1) is 11.2. The van der Waals surface area contributed by atoms with Crippen molar-refractivity contribution in [3.05, 3.63) is 77.6 Å². The molecule has 0 saturated carbocycles. The van der Waals surface area contributed by atoms with Crippen LogP contribution in [-0.4, -0.2) is 4.98 Å². The smallest absolute Gasteiger partial charge is 0.0709 e. The lowest BCUT2D eigenvalue weighted by Gasteiger charge is -2.34. The third-order valence-corrected chi connectivity index (χ3v) is 4.42. The van der Waals surface area contributed by atoms with Gasteiger partial charge in [0.25, 0.3) is 0 Å². The predicted molar refractivity (Wildman–Crippen MR) is 97.2 cm³/mol. The molecule has 0 spiro atoms. The summed E-state index contributed by atoms with van der Waals surface area (Å²) >= 11 is 0. The number of pyridine rings is 1. The molecular weight excluding hydrogens is 280 g/mol. The van der Waals surface area contributed by atoms with Gasteiger partial charge < -0.3 is 4.90 Å². The Labute approximate surface area is 137 Å². The highest BCUT2D eigenvalue weighted by molar-refractivity contribution is 5.82. The van der Waals surface area contributed by atoms with Crippen LogP contribution in [0.3, 0.4) is 0 Å². The number of aromatic nitrogens is 1. The van der Waals surface area contributed by atoms with Crippen LogP contribution in [0.25, 0.3) is 17.0 Å². The third-order valence-electron chi connectivity index (χ3n) is 4.42. The number of hydrogen-bond acceptors (Lipinski definition) is 2. The van der Waals surface area contributed by atoms with E-state index in [1.807, 2.05) is 6.07 Å². The van der Waals surface area contributed by atoms with Gasteiger partial charge in [0.15, 0.2) is 0 Å². The van der Waals surface area contributed by atoms with Crippen molar-refractivity contribution in [1.29, 1.82) is 0 Å². The van der Waals surface area contributed by atoms with Gasteiger partial charge in [0.2, 0.25) is 0 Å². The molecule has 3 aromatic rings. The lowest BCUT2D eigenvalue weighted by Crippen LogP contribution is -2.28. The van der Waals surface area contributed by atoms with Crippen molar-refractivity contribution in [2.75, 3.05) is 4.90 Å². The Morgan fingerprint density at radius 3 is 2.48 bits per heavy atom. The van der Waals surface area contributed by atoms with Gasteiger partial charge in [0, 0.05) is 23.3 Å². The number of rotatable bonds is 2. The van der Waals surface area contributed by atoms with E-state index in [9.17, 15) is 0 Å². The molecule has 0 N–H and O–H groups in total. The maximum atomic E-state index is 4.87. The molecule has 1 aliphatic heterocycles. The van der Waals surface area contributed by atoms with E-state index in [4.69, 9.17) is 4.98 Å². The van der Waals surface area contributed by atoms with Gasteiger partial charge in [-0.1, -0.05) is 50.2 Å². The Kier molecular flexibility index (Phi) is 3.38. The second-order valence-electron chi connectivity index (χ2n) is 6.37. The summed E-state index contributed by atoms with van der Waals surface area (Å²) in [5, 5.41) is 1.21. The average Bonchev–Trinajstić information content (AvgIpc) is 2.59. The minimum Gasteiger partial charge on any atom is -0.340 e. The van der Waals surface area contributed by atoms with Crippen molar-refractivity contribution in [2.24, 2.45) is 5.92 Å². The van der Waals surface area contributed by atoms with Crippen molar-refractivity contribution in [3.63, 3.8) is 0 Å². The van der Waals surface area contributed by atoms with Crippen LogP contribution in [0.4, 0.5) is 5.69 Å². The SMILES string of the molecule is CC(C)C1=Cc2nc3ccccc3cc2CN1c1ccccc1. The van der Waals surface area contributed by atoms with Gasteiger partial charge in [-0.25, -0.2) is 4.98 Å². The standard InChI is InChI=1S/C21H20N2/c1-15(2)21-13-20-17(12-16-8-6-7-11-19(16)22-20)14-23(21)18-9-4-3-5-10-18/h3-13,15H,14H2,1-2H3.